The molecule has 7 nitrogen and oxygen atoms in total. The largest absolute Gasteiger partial charge is 0.494 e. The number of thiocarbonyl (C=S) groups is 1. The third-order valence-corrected chi connectivity index (χ3v) is 4.42. The van der Waals surface area contributed by atoms with Crippen LogP contribution in [0, 0.1) is 0 Å². The molecular formula is C23H23N3O4S. The predicted octanol–water partition coefficient (Wildman–Crippen LogP) is 4.84. The lowest BCUT2D eigenvalue weighted by Gasteiger charge is -2.12. The highest BCUT2D eigenvalue weighted by atomic mass is 32.1. The van der Waals surface area contributed by atoms with Crippen molar-refractivity contribution < 1.29 is 18.7 Å². The lowest BCUT2D eigenvalue weighted by molar-refractivity contribution is 0.0974. The minimum absolute atomic E-state index is 0.136. The third kappa shape index (κ3) is 6.68. The van der Waals surface area contributed by atoms with Crippen LogP contribution in [0.25, 0.3) is 0 Å². The van der Waals surface area contributed by atoms with E-state index < -0.39 is 0 Å². The number of ether oxygens (including phenoxy) is 1. The molecule has 0 radical (unpaired) electrons. The Hall–Kier alpha value is -3.65. The fraction of sp³-hybridized carbons (Fsp3) is 0.174. The van der Waals surface area contributed by atoms with Crippen LogP contribution in [0.1, 0.15) is 40.7 Å². The van der Waals surface area contributed by atoms with Gasteiger partial charge in [0.25, 0.3) is 11.8 Å². The molecule has 0 atom stereocenters. The van der Waals surface area contributed by atoms with E-state index in [1.54, 1.807) is 54.6 Å². The minimum Gasteiger partial charge on any atom is -0.494 e. The summed E-state index contributed by atoms with van der Waals surface area (Å²) < 4.78 is 10.7. The average Bonchev–Trinajstić information content (AvgIpc) is 3.29. The molecule has 1 aromatic heterocycles. The molecule has 160 valence electrons. The van der Waals surface area contributed by atoms with Gasteiger partial charge in [0.15, 0.2) is 10.9 Å². The number of furan rings is 1. The van der Waals surface area contributed by atoms with Gasteiger partial charge in [-0.3, -0.25) is 14.9 Å². The fourth-order valence-corrected chi connectivity index (χ4v) is 2.88. The molecule has 0 saturated carbocycles. The summed E-state index contributed by atoms with van der Waals surface area (Å²) in [6, 6.07) is 17.1. The van der Waals surface area contributed by atoms with Crippen molar-refractivity contribution in [2.45, 2.75) is 19.8 Å². The van der Waals surface area contributed by atoms with Gasteiger partial charge in [0.05, 0.1) is 12.9 Å². The van der Waals surface area contributed by atoms with Gasteiger partial charge in [-0.1, -0.05) is 25.5 Å². The average molecular weight is 438 g/mol. The maximum Gasteiger partial charge on any atom is 0.291 e. The standard InChI is InChI=1S/C23H23N3O4S/c1-2-3-12-29-19-10-4-7-16(14-19)21(27)26-23(31)25-18-9-5-8-17(15-18)24-22(28)20-11-6-13-30-20/h4-11,13-15H,2-3,12H2,1H3,(H,24,28)(H2,25,26,27,31). The first-order chi connectivity index (χ1) is 15.0. The zero-order valence-electron chi connectivity index (χ0n) is 17.0. The molecule has 0 unspecified atom stereocenters. The molecule has 2 aromatic carbocycles. The molecule has 0 saturated heterocycles. The van der Waals surface area contributed by atoms with Crippen molar-refractivity contribution in [1.82, 2.24) is 5.32 Å². The number of nitrogens with one attached hydrogen (secondary N) is 3. The summed E-state index contributed by atoms with van der Waals surface area (Å²) >= 11 is 5.25. The zero-order valence-corrected chi connectivity index (χ0v) is 17.8. The number of benzene rings is 2. The van der Waals surface area contributed by atoms with E-state index in [1.165, 1.54) is 6.26 Å². The van der Waals surface area contributed by atoms with Crippen LogP contribution < -0.4 is 20.7 Å². The normalized spacial score (nSPS) is 10.2. The number of rotatable bonds is 8. The molecule has 8 heteroatoms. The van der Waals surface area contributed by atoms with Crippen LogP contribution in [-0.2, 0) is 0 Å². The number of carbonyl (C=O) groups excluding carboxylic acids is 2. The van der Waals surface area contributed by atoms with Crippen LogP contribution in [0.4, 0.5) is 11.4 Å². The molecular weight excluding hydrogens is 414 g/mol. The Balaban J connectivity index is 1.56. The summed E-state index contributed by atoms with van der Waals surface area (Å²) in [5.74, 6) is 0.141. The van der Waals surface area contributed by atoms with Crippen molar-refractivity contribution in [3.8, 4) is 5.75 Å². The molecule has 3 aromatic rings. The molecule has 0 fully saturated rings. The monoisotopic (exact) mass is 437 g/mol. The van der Waals surface area contributed by atoms with E-state index in [-0.39, 0.29) is 22.7 Å². The van der Waals surface area contributed by atoms with Gasteiger partial charge in [0.1, 0.15) is 5.75 Å². The van der Waals surface area contributed by atoms with Crippen molar-refractivity contribution in [1.29, 1.82) is 0 Å². The van der Waals surface area contributed by atoms with Gasteiger partial charge in [0.2, 0.25) is 0 Å². The first-order valence-corrected chi connectivity index (χ1v) is 10.3. The van der Waals surface area contributed by atoms with Gasteiger partial charge in [-0.05, 0) is 67.2 Å². The van der Waals surface area contributed by atoms with Gasteiger partial charge in [-0.15, -0.1) is 0 Å². The Bertz CT molecular complexity index is 1050. The number of hydrogen-bond acceptors (Lipinski definition) is 5. The molecule has 3 rings (SSSR count). The molecule has 0 aliphatic rings. The van der Waals surface area contributed by atoms with E-state index in [0.29, 0.717) is 29.3 Å². The van der Waals surface area contributed by atoms with E-state index in [9.17, 15) is 9.59 Å². The molecule has 0 aliphatic heterocycles. The first kappa shape index (κ1) is 22.0. The van der Waals surface area contributed by atoms with Crippen LogP contribution in [-0.4, -0.2) is 23.5 Å². The van der Waals surface area contributed by atoms with E-state index in [0.717, 1.165) is 12.8 Å². The smallest absolute Gasteiger partial charge is 0.291 e. The first-order valence-electron chi connectivity index (χ1n) is 9.85. The zero-order chi connectivity index (χ0) is 22.1. The Morgan fingerprint density at radius 3 is 2.48 bits per heavy atom. The van der Waals surface area contributed by atoms with E-state index >= 15 is 0 Å². The Morgan fingerprint density at radius 1 is 0.968 bits per heavy atom. The van der Waals surface area contributed by atoms with E-state index in [1.807, 2.05) is 6.07 Å². The van der Waals surface area contributed by atoms with Gasteiger partial charge >= 0.3 is 0 Å². The fourth-order valence-electron chi connectivity index (χ4n) is 2.67. The van der Waals surface area contributed by atoms with E-state index in [4.69, 9.17) is 21.4 Å². The third-order valence-electron chi connectivity index (χ3n) is 4.21. The summed E-state index contributed by atoms with van der Waals surface area (Å²) in [6.45, 7) is 2.69. The summed E-state index contributed by atoms with van der Waals surface area (Å²) in [5.41, 5.74) is 1.61. The lowest BCUT2D eigenvalue weighted by Crippen LogP contribution is -2.34. The van der Waals surface area contributed by atoms with Crippen molar-refractivity contribution in [3.05, 3.63) is 78.3 Å². The second-order valence-electron chi connectivity index (χ2n) is 6.65. The van der Waals surface area contributed by atoms with E-state index in [2.05, 4.69) is 22.9 Å². The second kappa shape index (κ2) is 10.9. The van der Waals surface area contributed by atoms with Crippen LogP contribution in [0.5, 0.6) is 5.75 Å². The highest BCUT2D eigenvalue weighted by Crippen LogP contribution is 2.17. The van der Waals surface area contributed by atoms with Crippen molar-refractivity contribution in [2.75, 3.05) is 17.2 Å². The number of anilines is 2. The van der Waals surface area contributed by atoms with Crippen LogP contribution >= 0.6 is 12.2 Å². The molecule has 31 heavy (non-hydrogen) atoms. The van der Waals surface area contributed by atoms with Crippen LogP contribution in [0.15, 0.2) is 71.3 Å². The van der Waals surface area contributed by atoms with Crippen molar-refractivity contribution >= 4 is 40.5 Å². The number of carbonyl (C=O) groups is 2. The van der Waals surface area contributed by atoms with Gasteiger partial charge in [-0.2, -0.15) is 0 Å². The van der Waals surface area contributed by atoms with Gasteiger partial charge in [0, 0.05) is 16.9 Å². The van der Waals surface area contributed by atoms with Crippen LogP contribution in [0.2, 0.25) is 0 Å². The number of hydrogen-bond donors (Lipinski definition) is 3. The quantitative estimate of drug-likeness (QED) is 0.345. The van der Waals surface area contributed by atoms with Crippen molar-refractivity contribution in [2.24, 2.45) is 0 Å². The summed E-state index contributed by atoms with van der Waals surface area (Å²) in [7, 11) is 0. The summed E-state index contributed by atoms with van der Waals surface area (Å²) in [4.78, 5) is 24.6. The summed E-state index contributed by atoms with van der Waals surface area (Å²) in [6.07, 6.45) is 3.42. The van der Waals surface area contributed by atoms with Gasteiger partial charge in [-0.25, -0.2) is 0 Å². The SMILES string of the molecule is CCCCOc1cccc(C(=O)NC(=S)Nc2cccc(NC(=O)c3ccco3)c2)c1. The molecule has 3 N–H and O–H groups in total. The molecule has 1 heterocycles. The van der Waals surface area contributed by atoms with Gasteiger partial charge < -0.3 is 19.8 Å². The van der Waals surface area contributed by atoms with Crippen LogP contribution in [0.3, 0.4) is 0 Å². The Morgan fingerprint density at radius 2 is 1.74 bits per heavy atom. The second-order valence-corrected chi connectivity index (χ2v) is 7.06. The minimum atomic E-state index is -0.362. The lowest BCUT2D eigenvalue weighted by atomic mass is 10.2. The Kier molecular flexibility index (Phi) is 7.78. The highest BCUT2D eigenvalue weighted by molar-refractivity contribution is 7.80. The van der Waals surface area contributed by atoms with Crippen molar-refractivity contribution in [3.63, 3.8) is 0 Å². The maximum atomic E-state index is 12.5. The number of unbranched alkanes of at least 4 members (excludes halogenated alkanes) is 1. The number of amides is 2. The molecule has 2 amide bonds. The highest BCUT2D eigenvalue weighted by Gasteiger charge is 2.11. The predicted molar refractivity (Wildman–Crippen MR) is 124 cm³/mol. The maximum absolute atomic E-state index is 12.5. The molecule has 0 bridgehead atoms. The molecule has 0 spiro atoms. The molecule has 0 aliphatic carbocycles. The Labute approximate surface area is 185 Å². The summed E-state index contributed by atoms with van der Waals surface area (Å²) in [5, 5.41) is 8.46. The topological polar surface area (TPSA) is 92.6 Å².